The van der Waals surface area contributed by atoms with Gasteiger partial charge in [-0.25, -0.2) is 8.42 Å². The third-order valence-electron chi connectivity index (χ3n) is 2.55. The quantitative estimate of drug-likeness (QED) is 0.878. The second-order valence-electron chi connectivity index (χ2n) is 3.83. The molecule has 2 aromatic rings. The first kappa shape index (κ1) is 13.0. The fourth-order valence-electron chi connectivity index (χ4n) is 1.64. The monoisotopic (exact) mass is 285 g/mol. The number of aromatic amines is 1. The van der Waals surface area contributed by atoms with E-state index in [0.29, 0.717) is 6.42 Å². The number of aromatic nitrogens is 1. The van der Waals surface area contributed by atoms with Gasteiger partial charge >= 0.3 is 0 Å². The molecular weight excluding hydrogens is 274 g/mol. The normalized spacial score (nSPS) is 11.4. The lowest BCUT2D eigenvalue weighted by Crippen LogP contribution is -1.89. The number of ether oxygens (including phenoxy) is 1. The van der Waals surface area contributed by atoms with E-state index in [1.54, 1.807) is 13.3 Å². The number of methoxy groups -OCH3 is 1. The minimum atomic E-state index is -3.69. The highest BCUT2D eigenvalue weighted by molar-refractivity contribution is 8.13. The minimum Gasteiger partial charge on any atom is -0.497 e. The van der Waals surface area contributed by atoms with E-state index >= 15 is 0 Å². The van der Waals surface area contributed by atoms with Gasteiger partial charge in [0.15, 0.2) is 0 Å². The largest absolute Gasteiger partial charge is 0.497 e. The van der Waals surface area contributed by atoms with Gasteiger partial charge in [0.2, 0.25) is 0 Å². The van der Waals surface area contributed by atoms with Crippen molar-refractivity contribution in [3.8, 4) is 5.75 Å². The molecule has 0 aliphatic heterocycles. The van der Waals surface area contributed by atoms with Crippen LogP contribution in [0.1, 0.15) is 11.1 Å². The van der Waals surface area contributed by atoms with Gasteiger partial charge in [0.25, 0.3) is 9.05 Å². The molecule has 2 rings (SSSR count). The number of H-pyrrole nitrogens is 1. The van der Waals surface area contributed by atoms with Crippen LogP contribution in [-0.2, 0) is 15.5 Å². The maximum atomic E-state index is 11.1. The summed E-state index contributed by atoms with van der Waals surface area (Å²) in [5.41, 5.74) is 1.92. The summed E-state index contributed by atoms with van der Waals surface area (Å²) in [6, 6.07) is 9.12. The summed E-state index contributed by atoms with van der Waals surface area (Å²) in [6.07, 6.45) is 2.27. The Kier molecular flexibility index (Phi) is 3.63. The SMILES string of the molecule is COc1ccc(Cc2c[nH]c(S(=O)(=O)Cl)c2)cc1. The molecule has 0 aliphatic carbocycles. The van der Waals surface area contributed by atoms with Crippen molar-refractivity contribution in [2.24, 2.45) is 0 Å². The molecule has 1 aromatic carbocycles. The highest BCUT2D eigenvalue weighted by Crippen LogP contribution is 2.18. The maximum Gasteiger partial charge on any atom is 0.276 e. The van der Waals surface area contributed by atoms with E-state index in [0.717, 1.165) is 16.9 Å². The molecule has 0 spiro atoms. The molecule has 0 saturated carbocycles. The summed E-state index contributed by atoms with van der Waals surface area (Å²) < 4.78 is 27.3. The van der Waals surface area contributed by atoms with Crippen molar-refractivity contribution in [2.75, 3.05) is 7.11 Å². The van der Waals surface area contributed by atoms with Crippen LogP contribution < -0.4 is 4.74 Å². The van der Waals surface area contributed by atoms with Crippen LogP contribution in [0.2, 0.25) is 0 Å². The lowest BCUT2D eigenvalue weighted by molar-refractivity contribution is 0.414. The fourth-order valence-corrected chi connectivity index (χ4v) is 2.40. The van der Waals surface area contributed by atoms with Crippen molar-refractivity contribution in [1.82, 2.24) is 4.98 Å². The summed E-state index contributed by atoms with van der Waals surface area (Å²) in [5, 5.41) is 0.0210. The van der Waals surface area contributed by atoms with Crippen molar-refractivity contribution in [1.29, 1.82) is 0 Å². The number of rotatable bonds is 4. The first-order valence-corrected chi connectivity index (χ1v) is 7.55. The molecule has 0 amide bonds. The molecule has 0 aliphatic rings. The Labute approximate surface area is 110 Å². The van der Waals surface area contributed by atoms with Crippen molar-refractivity contribution < 1.29 is 13.2 Å². The summed E-state index contributed by atoms with van der Waals surface area (Å²) in [4.78, 5) is 2.64. The smallest absolute Gasteiger partial charge is 0.276 e. The Morgan fingerprint density at radius 2 is 1.89 bits per heavy atom. The van der Waals surface area contributed by atoms with Crippen LogP contribution in [0.4, 0.5) is 0 Å². The van der Waals surface area contributed by atoms with E-state index in [1.807, 2.05) is 24.3 Å². The molecule has 1 N–H and O–H groups in total. The van der Waals surface area contributed by atoms with Gasteiger partial charge < -0.3 is 9.72 Å². The van der Waals surface area contributed by atoms with Gasteiger partial charge in [-0.15, -0.1) is 0 Å². The molecule has 0 saturated heterocycles. The zero-order valence-corrected chi connectivity index (χ0v) is 11.3. The molecule has 4 nitrogen and oxygen atoms in total. The van der Waals surface area contributed by atoms with Crippen LogP contribution in [0.5, 0.6) is 5.75 Å². The summed E-state index contributed by atoms with van der Waals surface area (Å²) in [7, 11) is 3.16. The van der Waals surface area contributed by atoms with Crippen molar-refractivity contribution >= 4 is 19.7 Å². The van der Waals surface area contributed by atoms with Gasteiger partial charge in [0.05, 0.1) is 7.11 Å². The van der Waals surface area contributed by atoms with Crippen molar-refractivity contribution in [2.45, 2.75) is 11.4 Å². The van der Waals surface area contributed by atoms with E-state index in [2.05, 4.69) is 4.98 Å². The van der Waals surface area contributed by atoms with Crippen LogP contribution in [-0.4, -0.2) is 20.5 Å². The second kappa shape index (κ2) is 5.04. The van der Waals surface area contributed by atoms with E-state index in [-0.39, 0.29) is 5.03 Å². The van der Waals surface area contributed by atoms with E-state index in [1.165, 1.54) is 6.07 Å². The predicted octanol–water partition coefficient (Wildman–Crippen LogP) is 2.54. The van der Waals surface area contributed by atoms with E-state index in [9.17, 15) is 8.42 Å². The molecule has 0 fully saturated rings. The van der Waals surface area contributed by atoms with Gasteiger partial charge in [0, 0.05) is 16.9 Å². The molecule has 0 unspecified atom stereocenters. The zero-order chi connectivity index (χ0) is 13.2. The molecular formula is C12H12ClNO3S. The summed E-state index contributed by atoms with van der Waals surface area (Å²) in [6.45, 7) is 0. The van der Waals surface area contributed by atoms with E-state index < -0.39 is 9.05 Å². The maximum absolute atomic E-state index is 11.1. The Morgan fingerprint density at radius 1 is 1.22 bits per heavy atom. The summed E-state index contributed by atoms with van der Waals surface area (Å²) in [5.74, 6) is 0.789. The molecule has 6 heteroatoms. The average Bonchev–Trinajstić information content (AvgIpc) is 2.78. The van der Waals surface area contributed by atoms with Gasteiger partial charge in [-0.2, -0.15) is 0 Å². The number of hydrogen-bond donors (Lipinski definition) is 1. The Balaban J connectivity index is 2.16. The number of hydrogen-bond acceptors (Lipinski definition) is 3. The van der Waals surface area contributed by atoms with Crippen LogP contribution in [0, 0.1) is 0 Å². The number of benzene rings is 1. The van der Waals surface area contributed by atoms with Gasteiger partial charge in [-0.05, 0) is 35.7 Å². The Morgan fingerprint density at radius 3 is 2.39 bits per heavy atom. The topological polar surface area (TPSA) is 59.2 Å². The van der Waals surface area contributed by atoms with Crippen molar-refractivity contribution in [3.05, 3.63) is 47.7 Å². The van der Waals surface area contributed by atoms with Gasteiger partial charge in [0.1, 0.15) is 10.8 Å². The first-order valence-electron chi connectivity index (χ1n) is 5.24. The fraction of sp³-hybridized carbons (Fsp3) is 0.167. The van der Waals surface area contributed by atoms with E-state index in [4.69, 9.17) is 15.4 Å². The highest BCUT2D eigenvalue weighted by Gasteiger charge is 2.12. The zero-order valence-electron chi connectivity index (χ0n) is 9.68. The molecule has 18 heavy (non-hydrogen) atoms. The lowest BCUT2D eigenvalue weighted by atomic mass is 10.1. The third kappa shape index (κ3) is 3.05. The van der Waals surface area contributed by atoms with Crippen LogP contribution in [0.25, 0.3) is 0 Å². The average molecular weight is 286 g/mol. The molecule has 1 heterocycles. The van der Waals surface area contributed by atoms with Crippen LogP contribution in [0.3, 0.4) is 0 Å². The predicted molar refractivity (Wildman–Crippen MR) is 69.6 cm³/mol. The third-order valence-corrected chi connectivity index (χ3v) is 3.81. The highest BCUT2D eigenvalue weighted by atomic mass is 35.7. The Bertz CT molecular complexity index is 632. The summed E-state index contributed by atoms with van der Waals surface area (Å²) >= 11 is 0. The van der Waals surface area contributed by atoms with Crippen LogP contribution >= 0.6 is 10.7 Å². The second-order valence-corrected chi connectivity index (χ2v) is 6.37. The molecule has 1 aromatic heterocycles. The lowest BCUT2D eigenvalue weighted by Gasteiger charge is -2.01. The molecule has 0 bridgehead atoms. The van der Waals surface area contributed by atoms with Crippen molar-refractivity contribution in [3.63, 3.8) is 0 Å². The Hall–Kier alpha value is -1.46. The number of nitrogens with one attached hydrogen (secondary N) is 1. The first-order chi connectivity index (χ1) is 8.49. The van der Waals surface area contributed by atoms with Gasteiger partial charge in [-0.1, -0.05) is 12.1 Å². The number of halogens is 1. The molecule has 0 radical (unpaired) electrons. The minimum absolute atomic E-state index is 0.0210. The van der Waals surface area contributed by atoms with Crippen LogP contribution in [0.15, 0.2) is 41.6 Å². The van der Waals surface area contributed by atoms with Gasteiger partial charge in [-0.3, -0.25) is 0 Å². The standard InChI is InChI=1S/C12H12ClNO3S/c1-17-11-4-2-9(3-5-11)6-10-7-12(14-8-10)18(13,15)16/h2-5,7-8,14H,6H2,1H3. The molecule has 0 atom stereocenters. The molecule has 96 valence electrons.